The summed E-state index contributed by atoms with van der Waals surface area (Å²) in [5, 5.41) is 25.2. The van der Waals surface area contributed by atoms with Crippen molar-refractivity contribution in [2.24, 2.45) is 21.9 Å². The number of nitrogens with zero attached hydrogens (tertiary/aromatic N) is 1. The maximum atomic E-state index is 11.9. The van der Waals surface area contributed by atoms with Crippen molar-refractivity contribution in [3.8, 4) is 0 Å². The normalized spacial score (nSPS) is 14.8. The van der Waals surface area contributed by atoms with Crippen LogP contribution in [-0.4, -0.2) is 60.8 Å². The average Bonchev–Trinajstić information content (AvgIpc) is 2.79. The number of nitrogens with one attached hydrogen (secondary N) is 2. The molecule has 0 saturated carbocycles. The third-order valence-corrected chi connectivity index (χ3v) is 5.95. The van der Waals surface area contributed by atoms with Crippen LogP contribution >= 0.6 is 0 Å². The van der Waals surface area contributed by atoms with Gasteiger partial charge in [0.25, 0.3) is 0 Å². The first kappa shape index (κ1) is 33.1. The molecule has 0 rings (SSSR count). The highest BCUT2D eigenvalue weighted by molar-refractivity contribution is 5.87. The van der Waals surface area contributed by atoms with Crippen molar-refractivity contribution in [2.75, 3.05) is 20.4 Å². The third kappa shape index (κ3) is 21.1. The second kappa shape index (κ2) is 20.3. The molecule has 0 saturated heterocycles. The van der Waals surface area contributed by atoms with Gasteiger partial charge in [0.15, 0.2) is 5.96 Å². The predicted octanol–water partition coefficient (Wildman–Crippen LogP) is 2.68. The average molecular weight is 498 g/mol. The standard InChI is InChI=1S/C26H51N5O4/c1-21(12-11-19-30-25(27)28)31-23(34)14-9-7-5-6-8-13-22(33)16-18-26(2,3)17-10-15-24(29-4)35-20-32/h5,7,9,14,21-22,24,29,32-33H,6,8,10-13,15-20H2,1-4H3,(H,31,34)(H4,27,28,30)/b7-5+,14-9+/t21?,22-,24?/m1/s1. The second-order valence-corrected chi connectivity index (χ2v) is 9.90. The fourth-order valence-corrected chi connectivity index (χ4v) is 3.75. The van der Waals surface area contributed by atoms with E-state index in [1.54, 1.807) is 6.08 Å². The van der Waals surface area contributed by atoms with Gasteiger partial charge >= 0.3 is 0 Å². The van der Waals surface area contributed by atoms with E-state index in [1.165, 1.54) is 6.08 Å². The molecule has 204 valence electrons. The molecular weight excluding hydrogens is 446 g/mol. The van der Waals surface area contributed by atoms with Crippen LogP contribution in [0.15, 0.2) is 29.3 Å². The van der Waals surface area contributed by atoms with Gasteiger partial charge in [-0.3, -0.25) is 15.1 Å². The van der Waals surface area contributed by atoms with Crippen LogP contribution in [0.5, 0.6) is 0 Å². The van der Waals surface area contributed by atoms with Crippen molar-refractivity contribution >= 4 is 11.9 Å². The van der Waals surface area contributed by atoms with Crippen molar-refractivity contribution in [1.29, 1.82) is 0 Å². The lowest BCUT2D eigenvalue weighted by Gasteiger charge is -2.27. The Labute approximate surface area is 212 Å². The van der Waals surface area contributed by atoms with Crippen LogP contribution in [0.4, 0.5) is 0 Å². The monoisotopic (exact) mass is 497 g/mol. The van der Waals surface area contributed by atoms with Crippen LogP contribution in [-0.2, 0) is 9.53 Å². The maximum absolute atomic E-state index is 11.9. The molecular formula is C26H51N5O4. The van der Waals surface area contributed by atoms with Crippen LogP contribution in [0.25, 0.3) is 0 Å². The SMILES string of the molecule is CNC(CCCC(C)(C)CC[C@H](O)CCC/C=C/C=C/C(=O)NC(C)CCCN=C(N)N)OCO. The zero-order valence-electron chi connectivity index (χ0n) is 22.3. The number of aliphatic hydroxyl groups excluding tert-OH is 2. The summed E-state index contributed by atoms with van der Waals surface area (Å²) in [6.07, 6.45) is 15.6. The number of ether oxygens (including phenoxy) is 1. The van der Waals surface area contributed by atoms with Gasteiger partial charge in [-0.1, -0.05) is 32.1 Å². The number of aliphatic imine (C=N–C) groups is 1. The van der Waals surface area contributed by atoms with Gasteiger partial charge in [0.05, 0.1) is 6.10 Å². The van der Waals surface area contributed by atoms with E-state index in [0.29, 0.717) is 6.54 Å². The van der Waals surface area contributed by atoms with Gasteiger partial charge in [-0.15, -0.1) is 0 Å². The number of amides is 1. The Bertz CT molecular complexity index is 633. The Morgan fingerprint density at radius 3 is 2.49 bits per heavy atom. The number of hydrogen-bond donors (Lipinski definition) is 6. The summed E-state index contributed by atoms with van der Waals surface area (Å²) in [6.45, 7) is 6.72. The smallest absolute Gasteiger partial charge is 0.244 e. The highest BCUT2D eigenvalue weighted by atomic mass is 16.6. The fourth-order valence-electron chi connectivity index (χ4n) is 3.75. The van der Waals surface area contributed by atoms with Crippen molar-refractivity contribution in [3.05, 3.63) is 24.3 Å². The molecule has 0 aromatic rings. The number of guanidine groups is 1. The molecule has 0 aromatic heterocycles. The third-order valence-electron chi connectivity index (χ3n) is 5.95. The fraction of sp³-hybridized carbons (Fsp3) is 0.769. The molecule has 35 heavy (non-hydrogen) atoms. The van der Waals surface area contributed by atoms with Gasteiger partial charge in [-0.05, 0) is 83.6 Å². The lowest BCUT2D eigenvalue weighted by atomic mass is 9.81. The van der Waals surface area contributed by atoms with E-state index in [2.05, 4.69) is 29.5 Å². The van der Waals surface area contributed by atoms with Gasteiger partial charge in [0, 0.05) is 18.7 Å². The van der Waals surface area contributed by atoms with E-state index >= 15 is 0 Å². The summed E-state index contributed by atoms with van der Waals surface area (Å²) < 4.78 is 5.20. The molecule has 0 fully saturated rings. The Kier molecular flexibility index (Phi) is 19.1. The summed E-state index contributed by atoms with van der Waals surface area (Å²) in [6, 6.07) is 0.0577. The molecule has 1 amide bonds. The van der Waals surface area contributed by atoms with E-state index in [-0.39, 0.29) is 42.4 Å². The van der Waals surface area contributed by atoms with Gasteiger partial charge in [0.1, 0.15) is 13.0 Å². The number of carbonyl (C=O) groups excluding carboxylic acids is 1. The maximum Gasteiger partial charge on any atom is 0.244 e. The molecule has 0 aliphatic carbocycles. The first-order valence-electron chi connectivity index (χ1n) is 12.9. The number of aliphatic hydroxyl groups is 2. The lowest BCUT2D eigenvalue weighted by Crippen LogP contribution is -2.31. The number of allylic oxidation sites excluding steroid dienone is 3. The van der Waals surface area contributed by atoms with E-state index < -0.39 is 0 Å². The lowest BCUT2D eigenvalue weighted by molar-refractivity contribution is -0.117. The first-order valence-corrected chi connectivity index (χ1v) is 12.9. The Morgan fingerprint density at radius 2 is 1.83 bits per heavy atom. The number of hydrogen-bond acceptors (Lipinski definition) is 6. The van der Waals surface area contributed by atoms with Crippen LogP contribution in [0.3, 0.4) is 0 Å². The predicted molar refractivity (Wildman–Crippen MR) is 144 cm³/mol. The molecule has 8 N–H and O–H groups in total. The van der Waals surface area contributed by atoms with Crippen molar-refractivity contribution < 1.29 is 19.7 Å². The molecule has 9 heteroatoms. The topological polar surface area (TPSA) is 155 Å². The summed E-state index contributed by atoms with van der Waals surface area (Å²) in [5.41, 5.74) is 10.7. The van der Waals surface area contributed by atoms with Gasteiger partial charge < -0.3 is 31.7 Å². The largest absolute Gasteiger partial charge is 0.393 e. The van der Waals surface area contributed by atoms with Crippen LogP contribution < -0.4 is 22.1 Å². The Hall–Kier alpha value is -1.94. The number of nitrogens with two attached hydrogens (primary N) is 2. The Morgan fingerprint density at radius 1 is 1.09 bits per heavy atom. The molecule has 9 nitrogen and oxygen atoms in total. The quantitative estimate of drug-likeness (QED) is 0.0356. The summed E-state index contributed by atoms with van der Waals surface area (Å²) in [4.78, 5) is 15.8. The van der Waals surface area contributed by atoms with Crippen LogP contribution in [0, 0.1) is 5.41 Å². The summed E-state index contributed by atoms with van der Waals surface area (Å²) in [7, 11) is 1.83. The van der Waals surface area contributed by atoms with E-state index in [9.17, 15) is 9.90 Å². The zero-order chi connectivity index (χ0) is 26.5. The molecule has 0 aliphatic heterocycles. The van der Waals surface area contributed by atoms with Crippen molar-refractivity contribution in [1.82, 2.24) is 10.6 Å². The molecule has 0 aromatic carbocycles. The minimum absolute atomic E-state index is 0.0577. The molecule has 0 bridgehead atoms. The number of carbonyl (C=O) groups is 1. The molecule has 0 aliphatic rings. The Balaban J connectivity index is 3.95. The van der Waals surface area contributed by atoms with Crippen LogP contribution in [0.1, 0.15) is 85.0 Å². The second-order valence-electron chi connectivity index (χ2n) is 9.90. The highest BCUT2D eigenvalue weighted by Crippen LogP contribution is 2.30. The van der Waals surface area contributed by atoms with E-state index in [0.717, 1.165) is 64.2 Å². The number of rotatable bonds is 21. The van der Waals surface area contributed by atoms with Gasteiger partial charge in [0.2, 0.25) is 5.91 Å². The molecule has 0 heterocycles. The van der Waals surface area contributed by atoms with Crippen LogP contribution in [0.2, 0.25) is 0 Å². The minimum atomic E-state index is -0.291. The zero-order valence-corrected chi connectivity index (χ0v) is 22.3. The van der Waals surface area contributed by atoms with E-state index in [1.807, 2.05) is 26.1 Å². The van der Waals surface area contributed by atoms with E-state index in [4.69, 9.17) is 21.3 Å². The summed E-state index contributed by atoms with van der Waals surface area (Å²) in [5.74, 6) is -0.0316. The molecule has 3 atom stereocenters. The van der Waals surface area contributed by atoms with Gasteiger partial charge in [-0.25, -0.2) is 0 Å². The van der Waals surface area contributed by atoms with Gasteiger partial charge in [-0.2, -0.15) is 0 Å². The highest BCUT2D eigenvalue weighted by Gasteiger charge is 2.20. The van der Waals surface area contributed by atoms with Crippen molar-refractivity contribution in [2.45, 2.75) is 103 Å². The first-order chi connectivity index (χ1) is 16.6. The number of unbranched alkanes of at least 4 members (excludes halogenated alkanes) is 1. The summed E-state index contributed by atoms with van der Waals surface area (Å²) >= 11 is 0. The molecule has 2 unspecified atom stereocenters. The minimum Gasteiger partial charge on any atom is -0.393 e. The molecule has 0 spiro atoms. The molecule has 0 radical (unpaired) electrons. The van der Waals surface area contributed by atoms with Crippen molar-refractivity contribution in [3.63, 3.8) is 0 Å².